The van der Waals surface area contributed by atoms with Crippen LogP contribution >= 0.6 is 0 Å². The fourth-order valence-electron chi connectivity index (χ4n) is 4.51. The molecule has 0 saturated heterocycles. The van der Waals surface area contributed by atoms with Crippen LogP contribution in [0.3, 0.4) is 0 Å². The number of amides is 2. The molecule has 188 valence electrons. The number of carbonyl (C=O) groups excluding carboxylic acids is 2. The number of hydrogen-bond acceptors (Lipinski definition) is 5. The van der Waals surface area contributed by atoms with Crippen LogP contribution in [0.4, 0.5) is 5.69 Å². The molecule has 1 aliphatic heterocycles. The van der Waals surface area contributed by atoms with Crippen LogP contribution in [-0.4, -0.2) is 39.7 Å². The molecule has 7 nitrogen and oxygen atoms in total. The lowest BCUT2D eigenvalue weighted by atomic mass is 10.1. The Morgan fingerprint density at radius 1 is 0.917 bits per heavy atom. The molecule has 1 N–H and O–H groups in total. The number of ether oxygens (including phenoxy) is 3. The molecule has 0 saturated carbocycles. The Balaban J connectivity index is 1.38. The third kappa shape index (κ3) is 5.46. The standard InChI is InChI=1S/C29H32N2O5/c1-19-6-5-7-23(14-19)29(33)31-13-12-22-10-8-21(15-24(22)31)18-30-27(32)11-9-20-16-25(34-2)28(36-4)26(17-20)35-3/h5-8,10,14-17H,9,11-13,18H2,1-4H3,(H,30,32). The minimum Gasteiger partial charge on any atom is -0.493 e. The maximum Gasteiger partial charge on any atom is 0.258 e. The van der Waals surface area contributed by atoms with E-state index in [-0.39, 0.29) is 11.8 Å². The van der Waals surface area contributed by atoms with Crippen LogP contribution in [0, 0.1) is 6.92 Å². The molecule has 1 heterocycles. The molecule has 0 atom stereocenters. The van der Waals surface area contributed by atoms with Crippen molar-refractivity contribution in [3.05, 3.63) is 82.4 Å². The summed E-state index contributed by atoms with van der Waals surface area (Å²) in [5, 5.41) is 2.99. The first-order chi connectivity index (χ1) is 17.4. The molecular formula is C29H32N2O5. The molecule has 0 fully saturated rings. The summed E-state index contributed by atoms with van der Waals surface area (Å²) in [6.45, 7) is 3.04. The van der Waals surface area contributed by atoms with E-state index in [4.69, 9.17) is 14.2 Å². The molecule has 36 heavy (non-hydrogen) atoms. The van der Waals surface area contributed by atoms with Crippen molar-refractivity contribution in [3.8, 4) is 17.2 Å². The second-order valence-corrected chi connectivity index (χ2v) is 8.85. The predicted molar refractivity (Wildman–Crippen MR) is 139 cm³/mol. The Hall–Kier alpha value is -4.00. The smallest absolute Gasteiger partial charge is 0.258 e. The molecule has 4 rings (SSSR count). The van der Waals surface area contributed by atoms with Crippen LogP contribution in [0.5, 0.6) is 17.2 Å². The molecule has 1 aliphatic rings. The van der Waals surface area contributed by atoms with Crippen molar-refractivity contribution in [1.29, 1.82) is 0 Å². The number of benzene rings is 3. The van der Waals surface area contributed by atoms with E-state index in [1.54, 1.807) is 21.3 Å². The zero-order chi connectivity index (χ0) is 25.7. The van der Waals surface area contributed by atoms with Crippen LogP contribution in [-0.2, 0) is 24.2 Å². The maximum absolute atomic E-state index is 13.1. The molecule has 0 aromatic heterocycles. The fraction of sp³-hybridized carbons (Fsp3) is 0.310. The van der Waals surface area contributed by atoms with E-state index in [1.165, 1.54) is 0 Å². The van der Waals surface area contributed by atoms with Crippen LogP contribution < -0.4 is 24.4 Å². The Morgan fingerprint density at radius 3 is 2.33 bits per heavy atom. The van der Waals surface area contributed by atoms with Gasteiger partial charge in [0.2, 0.25) is 11.7 Å². The van der Waals surface area contributed by atoms with Crippen molar-refractivity contribution in [1.82, 2.24) is 5.32 Å². The van der Waals surface area contributed by atoms with Gasteiger partial charge < -0.3 is 24.4 Å². The van der Waals surface area contributed by atoms with E-state index in [9.17, 15) is 9.59 Å². The zero-order valence-electron chi connectivity index (χ0n) is 21.2. The highest BCUT2D eigenvalue weighted by molar-refractivity contribution is 6.07. The summed E-state index contributed by atoms with van der Waals surface area (Å²) in [5.74, 6) is 1.60. The molecule has 0 spiro atoms. The van der Waals surface area contributed by atoms with Crippen molar-refractivity contribution in [2.45, 2.75) is 32.7 Å². The number of carbonyl (C=O) groups is 2. The second-order valence-electron chi connectivity index (χ2n) is 8.85. The average molecular weight is 489 g/mol. The minimum absolute atomic E-state index is 0.00369. The Morgan fingerprint density at radius 2 is 1.67 bits per heavy atom. The number of hydrogen-bond donors (Lipinski definition) is 1. The first-order valence-electron chi connectivity index (χ1n) is 12.0. The van der Waals surface area contributed by atoms with Gasteiger partial charge in [0.1, 0.15) is 0 Å². The van der Waals surface area contributed by atoms with E-state index < -0.39 is 0 Å². The van der Waals surface area contributed by atoms with Crippen molar-refractivity contribution >= 4 is 17.5 Å². The highest BCUT2D eigenvalue weighted by Crippen LogP contribution is 2.38. The van der Waals surface area contributed by atoms with Gasteiger partial charge in [0.05, 0.1) is 21.3 Å². The topological polar surface area (TPSA) is 77.1 Å². The molecular weight excluding hydrogens is 456 g/mol. The summed E-state index contributed by atoms with van der Waals surface area (Å²) in [5.41, 5.74) is 5.69. The van der Waals surface area contributed by atoms with Crippen LogP contribution in [0.15, 0.2) is 54.6 Å². The van der Waals surface area contributed by atoms with Gasteiger partial charge in [-0.2, -0.15) is 0 Å². The number of nitrogens with zero attached hydrogens (tertiary/aromatic N) is 1. The summed E-state index contributed by atoms with van der Waals surface area (Å²) in [6.07, 6.45) is 1.68. The monoisotopic (exact) mass is 488 g/mol. The average Bonchev–Trinajstić information content (AvgIpc) is 3.32. The van der Waals surface area contributed by atoms with Gasteiger partial charge in [0.15, 0.2) is 11.5 Å². The summed E-state index contributed by atoms with van der Waals surface area (Å²) in [4.78, 5) is 27.5. The summed E-state index contributed by atoms with van der Waals surface area (Å²) in [6, 6.07) is 17.4. The summed E-state index contributed by atoms with van der Waals surface area (Å²) in [7, 11) is 4.70. The van der Waals surface area contributed by atoms with E-state index in [1.807, 2.05) is 60.4 Å². The largest absolute Gasteiger partial charge is 0.493 e. The van der Waals surface area contributed by atoms with E-state index in [0.29, 0.717) is 48.7 Å². The Labute approximate surface area is 212 Å². The molecule has 0 bridgehead atoms. The van der Waals surface area contributed by atoms with Crippen molar-refractivity contribution in [3.63, 3.8) is 0 Å². The van der Waals surface area contributed by atoms with Crippen LogP contribution in [0.2, 0.25) is 0 Å². The number of methoxy groups -OCH3 is 3. The van der Waals surface area contributed by atoms with Gasteiger partial charge in [-0.1, -0.05) is 29.8 Å². The van der Waals surface area contributed by atoms with Gasteiger partial charge in [-0.3, -0.25) is 9.59 Å². The normalized spacial score (nSPS) is 12.2. The second kappa shape index (κ2) is 11.2. The molecule has 7 heteroatoms. The third-order valence-electron chi connectivity index (χ3n) is 6.41. The SMILES string of the molecule is COc1cc(CCC(=O)NCc2ccc3c(c2)N(C(=O)c2cccc(C)c2)CC3)cc(OC)c1OC. The van der Waals surface area contributed by atoms with Gasteiger partial charge in [-0.25, -0.2) is 0 Å². The van der Waals surface area contributed by atoms with Crippen LogP contribution in [0.25, 0.3) is 0 Å². The lowest BCUT2D eigenvalue weighted by Crippen LogP contribution is -2.29. The van der Waals surface area contributed by atoms with Gasteiger partial charge in [0, 0.05) is 30.8 Å². The molecule has 3 aromatic rings. The summed E-state index contributed by atoms with van der Waals surface area (Å²) < 4.78 is 16.1. The highest BCUT2D eigenvalue weighted by Gasteiger charge is 2.26. The molecule has 0 radical (unpaired) electrons. The Bertz CT molecular complexity index is 1250. The predicted octanol–water partition coefficient (Wildman–Crippen LogP) is 4.47. The molecule has 3 aromatic carbocycles. The molecule has 2 amide bonds. The summed E-state index contributed by atoms with van der Waals surface area (Å²) >= 11 is 0. The van der Waals surface area contributed by atoms with Crippen molar-refractivity contribution in [2.75, 3.05) is 32.8 Å². The van der Waals surface area contributed by atoms with Gasteiger partial charge in [-0.05, 0) is 66.8 Å². The quantitative estimate of drug-likeness (QED) is 0.481. The van der Waals surface area contributed by atoms with E-state index in [0.717, 1.165) is 34.4 Å². The van der Waals surface area contributed by atoms with E-state index in [2.05, 4.69) is 11.4 Å². The first-order valence-corrected chi connectivity index (χ1v) is 12.0. The van der Waals surface area contributed by atoms with Gasteiger partial charge in [0.25, 0.3) is 5.91 Å². The van der Waals surface area contributed by atoms with Crippen molar-refractivity contribution < 1.29 is 23.8 Å². The van der Waals surface area contributed by atoms with Gasteiger partial charge >= 0.3 is 0 Å². The number of fused-ring (bicyclic) bond motifs is 1. The van der Waals surface area contributed by atoms with Gasteiger partial charge in [-0.15, -0.1) is 0 Å². The minimum atomic E-state index is -0.0584. The maximum atomic E-state index is 13.1. The van der Waals surface area contributed by atoms with E-state index >= 15 is 0 Å². The number of rotatable bonds is 9. The Kier molecular flexibility index (Phi) is 7.78. The highest BCUT2D eigenvalue weighted by atomic mass is 16.5. The van der Waals surface area contributed by atoms with Crippen molar-refractivity contribution in [2.24, 2.45) is 0 Å². The molecule has 0 aliphatic carbocycles. The number of aryl methyl sites for hydroxylation is 2. The fourth-order valence-corrected chi connectivity index (χ4v) is 4.51. The number of anilines is 1. The number of nitrogens with one attached hydrogen (secondary N) is 1. The zero-order valence-corrected chi connectivity index (χ0v) is 21.2. The lowest BCUT2D eigenvalue weighted by Gasteiger charge is -2.18. The third-order valence-corrected chi connectivity index (χ3v) is 6.41. The van der Waals surface area contributed by atoms with Crippen LogP contribution in [0.1, 0.15) is 39.0 Å². The molecule has 0 unspecified atom stereocenters. The first kappa shape index (κ1) is 25.1. The lowest BCUT2D eigenvalue weighted by molar-refractivity contribution is -0.121.